The number of hydrogen-bond donors (Lipinski definition) is 1. The molecule has 0 radical (unpaired) electrons. The topological polar surface area (TPSA) is 32.3 Å². The number of nitrogens with one attached hydrogen (secondary N) is 1. The third-order valence-electron chi connectivity index (χ3n) is 4.18. The summed E-state index contributed by atoms with van der Waals surface area (Å²) in [4.78, 5) is 13.9. The summed E-state index contributed by atoms with van der Waals surface area (Å²) in [7, 11) is 1.64. The number of hydrogen-bond acceptors (Lipinski definition) is 2. The number of carbonyl (C=O) groups excluding carboxylic acids is 1. The molecule has 3 unspecified atom stereocenters. The SMILES string of the molecule is CC1NCCC1C(=O)N(C)C(C)c1cc(F)ccc1F. The first-order valence-corrected chi connectivity index (χ1v) is 6.87. The highest BCUT2D eigenvalue weighted by Crippen LogP contribution is 2.26. The Hall–Kier alpha value is -1.49. The minimum Gasteiger partial charge on any atom is -0.339 e. The highest BCUT2D eigenvalue weighted by Gasteiger charge is 2.33. The molecule has 1 aromatic rings. The van der Waals surface area contributed by atoms with E-state index in [-0.39, 0.29) is 23.4 Å². The summed E-state index contributed by atoms with van der Waals surface area (Å²) in [5.74, 6) is -1.11. The number of rotatable bonds is 3. The van der Waals surface area contributed by atoms with Crippen LogP contribution in [-0.2, 0) is 4.79 Å². The zero-order valence-corrected chi connectivity index (χ0v) is 12.0. The lowest BCUT2D eigenvalue weighted by molar-refractivity contribution is -0.136. The van der Waals surface area contributed by atoms with Crippen molar-refractivity contribution in [1.29, 1.82) is 0 Å². The first-order valence-electron chi connectivity index (χ1n) is 6.87. The van der Waals surface area contributed by atoms with Gasteiger partial charge >= 0.3 is 0 Å². The molecule has 1 saturated heterocycles. The van der Waals surface area contributed by atoms with Crippen LogP contribution in [0, 0.1) is 17.6 Å². The van der Waals surface area contributed by atoms with Gasteiger partial charge in [-0.1, -0.05) is 0 Å². The summed E-state index contributed by atoms with van der Waals surface area (Å²) in [6.07, 6.45) is 0.780. The van der Waals surface area contributed by atoms with Crippen molar-refractivity contribution in [2.45, 2.75) is 32.4 Å². The highest BCUT2D eigenvalue weighted by atomic mass is 19.1. The largest absolute Gasteiger partial charge is 0.339 e. The summed E-state index contributed by atoms with van der Waals surface area (Å²) < 4.78 is 27.0. The van der Waals surface area contributed by atoms with Crippen LogP contribution in [-0.4, -0.2) is 30.4 Å². The Labute approximate surface area is 118 Å². The van der Waals surface area contributed by atoms with E-state index in [4.69, 9.17) is 0 Å². The number of halogens is 2. The third kappa shape index (κ3) is 2.82. The number of nitrogens with zero attached hydrogens (tertiary/aromatic N) is 1. The second-order valence-electron chi connectivity index (χ2n) is 5.43. The van der Waals surface area contributed by atoms with E-state index in [1.165, 1.54) is 4.90 Å². The first kappa shape index (κ1) is 14.9. The fraction of sp³-hybridized carbons (Fsp3) is 0.533. The van der Waals surface area contributed by atoms with Crippen LogP contribution < -0.4 is 5.32 Å². The molecule has 3 nitrogen and oxygen atoms in total. The zero-order chi connectivity index (χ0) is 14.9. The van der Waals surface area contributed by atoms with Crippen LogP contribution in [0.1, 0.15) is 31.9 Å². The van der Waals surface area contributed by atoms with Gasteiger partial charge in [-0.3, -0.25) is 4.79 Å². The van der Waals surface area contributed by atoms with E-state index < -0.39 is 17.7 Å². The number of benzene rings is 1. The lowest BCUT2D eigenvalue weighted by atomic mass is 9.98. The first-order chi connectivity index (χ1) is 9.41. The molecule has 2 rings (SSSR count). The van der Waals surface area contributed by atoms with E-state index in [0.29, 0.717) is 0 Å². The van der Waals surface area contributed by atoms with Crippen molar-refractivity contribution in [3.8, 4) is 0 Å². The van der Waals surface area contributed by atoms with E-state index in [1.807, 2.05) is 6.92 Å². The molecule has 5 heteroatoms. The van der Waals surface area contributed by atoms with Crippen LogP contribution in [0.15, 0.2) is 18.2 Å². The molecular weight excluding hydrogens is 262 g/mol. The van der Waals surface area contributed by atoms with E-state index in [0.717, 1.165) is 31.2 Å². The summed E-state index contributed by atoms with van der Waals surface area (Å²) in [6, 6.07) is 2.95. The normalized spacial score (nSPS) is 23.6. The monoisotopic (exact) mass is 282 g/mol. The second-order valence-corrected chi connectivity index (χ2v) is 5.43. The van der Waals surface area contributed by atoms with Gasteiger partial charge in [0.2, 0.25) is 5.91 Å². The van der Waals surface area contributed by atoms with E-state index in [9.17, 15) is 13.6 Å². The molecule has 1 aliphatic rings. The van der Waals surface area contributed by atoms with Gasteiger partial charge in [-0.25, -0.2) is 8.78 Å². The summed E-state index contributed by atoms with van der Waals surface area (Å²) in [5.41, 5.74) is 0.208. The van der Waals surface area contributed by atoms with Gasteiger partial charge in [-0.05, 0) is 45.0 Å². The van der Waals surface area contributed by atoms with Crippen molar-refractivity contribution < 1.29 is 13.6 Å². The molecule has 1 heterocycles. The second kappa shape index (κ2) is 5.87. The van der Waals surface area contributed by atoms with Crippen molar-refractivity contribution in [1.82, 2.24) is 10.2 Å². The minimum atomic E-state index is -0.495. The van der Waals surface area contributed by atoms with Gasteiger partial charge in [0.25, 0.3) is 0 Å². The lowest BCUT2D eigenvalue weighted by Gasteiger charge is -2.29. The maximum atomic E-state index is 13.8. The molecule has 1 fully saturated rings. The number of carbonyl (C=O) groups is 1. The Bertz CT molecular complexity index is 507. The maximum Gasteiger partial charge on any atom is 0.227 e. The smallest absolute Gasteiger partial charge is 0.227 e. The van der Waals surface area contributed by atoms with Crippen LogP contribution in [0.5, 0.6) is 0 Å². The molecule has 0 saturated carbocycles. The molecular formula is C15H20F2N2O. The molecule has 20 heavy (non-hydrogen) atoms. The summed E-state index contributed by atoms with van der Waals surface area (Å²) >= 11 is 0. The Morgan fingerprint density at radius 1 is 1.45 bits per heavy atom. The van der Waals surface area contributed by atoms with Crippen LogP contribution in [0.4, 0.5) is 8.78 Å². The van der Waals surface area contributed by atoms with Crippen molar-refractivity contribution in [2.24, 2.45) is 5.92 Å². The molecule has 1 amide bonds. The standard InChI is InChI=1S/C15H20F2N2O/c1-9-12(6-7-18-9)15(20)19(3)10(2)13-8-11(16)4-5-14(13)17/h4-5,8-10,12,18H,6-7H2,1-3H3. The molecule has 1 aliphatic heterocycles. The minimum absolute atomic E-state index is 0.0290. The average Bonchev–Trinajstić information content (AvgIpc) is 2.85. The Balaban J connectivity index is 2.17. The average molecular weight is 282 g/mol. The fourth-order valence-electron chi connectivity index (χ4n) is 2.69. The fourth-order valence-corrected chi connectivity index (χ4v) is 2.69. The van der Waals surface area contributed by atoms with Crippen LogP contribution in [0.3, 0.4) is 0 Å². The van der Waals surface area contributed by atoms with Crippen molar-refractivity contribution >= 4 is 5.91 Å². The van der Waals surface area contributed by atoms with Gasteiger partial charge in [0.05, 0.1) is 12.0 Å². The van der Waals surface area contributed by atoms with Gasteiger partial charge in [-0.2, -0.15) is 0 Å². The number of amides is 1. The van der Waals surface area contributed by atoms with Gasteiger partial charge in [-0.15, -0.1) is 0 Å². The molecule has 3 atom stereocenters. The van der Waals surface area contributed by atoms with Gasteiger partial charge in [0.1, 0.15) is 11.6 Å². The van der Waals surface area contributed by atoms with E-state index >= 15 is 0 Å². The lowest BCUT2D eigenvalue weighted by Crippen LogP contribution is -2.39. The molecule has 0 spiro atoms. The zero-order valence-electron chi connectivity index (χ0n) is 12.0. The summed E-state index contributed by atoms with van der Waals surface area (Å²) in [6.45, 7) is 4.49. The van der Waals surface area contributed by atoms with E-state index in [1.54, 1.807) is 14.0 Å². The Kier molecular flexibility index (Phi) is 4.38. The van der Waals surface area contributed by atoms with Gasteiger partial charge in [0.15, 0.2) is 0 Å². The van der Waals surface area contributed by atoms with Crippen molar-refractivity contribution in [2.75, 3.05) is 13.6 Å². The van der Waals surface area contributed by atoms with Crippen molar-refractivity contribution in [3.05, 3.63) is 35.4 Å². The molecule has 1 N–H and O–H groups in total. The van der Waals surface area contributed by atoms with Crippen LogP contribution in [0.25, 0.3) is 0 Å². The predicted octanol–water partition coefficient (Wildman–Crippen LogP) is 2.48. The van der Waals surface area contributed by atoms with Gasteiger partial charge < -0.3 is 10.2 Å². The maximum absolute atomic E-state index is 13.8. The van der Waals surface area contributed by atoms with E-state index in [2.05, 4.69) is 5.32 Å². The molecule has 0 bridgehead atoms. The Morgan fingerprint density at radius 2 is 2.15 bits per heavy atom. The molecule has 0 aromatic heterocycles. The van der Waals surface area contributed by atoms with Crippen molar-refractivity contribution in [3.63, 3.8) is 0 Å². The quantitative estimate of drug-likeness (QED) is 0.923. The van der Waals surface area contributed by atoms with Crippen LogP contribution in [0.2, 0.25) is 0 Å². The molecule has 1 aromatic carbocycles. The third-order valence-corrected chi connectivity index (χ3v) is 4.18. The highest BCUT2D eigenvalue weighted by molar-refractivity contribution is 5.80. The molecule has 110 valence electrons. The van der Waals surface area contributed by atoms with Gasteiger partial charge in [0, 0.05) is 18.7 Å². The Morgan fingerprint density at radius 3 is 2.75 bits per heavy atom. The summed E-state index contributed by atoms with van der Waals surface area (Å²) in [5, 5.41) is 3.22. The molecule has 0 aliphatic carbocycles. The predicted molar refractivity (Wildman–Crippen MR) is 73.1 cm³/mol. The van der Waals surface area contributed by atoms with Crippen LogP contribution >= 0.6 is 0 Å².